The largest absolute Gasteiger partial charge is 0.492 e. The van der Waals surface area contributed by atoms with E-state index in [4.69, 9.17) is 9.47 Å². The van der Waals surface area contributed by atoms with E-state index in [9.17, 15) is 17.6 Å². The fourth-order valence-electron chi connectivity index (χ4n) is 5.43. The van der Waals surface area contributed by atoms with Crippen LogP contribution in [0.4, 0.5) is 10.1 Å². The number of hydrogen-bond acceptors (Lipinski definition) is 6. The maximum atomic E-state index is 14.2. The van der Waals surface area contributed by atoms with E-state index in [1.165, 1.54) is 19.2 Å². The molecule has 2 aliphatic heterocycles. The van der Waals surface area contributed by atoms with Gasteiger partial charge in [0.2, 0.25) is 0 Å². The number of piperidine rings is 1. The Balaban J connectivity index is 1.46. The number of carbonyl (C=O) groups is 1. The summed E-state index contributed by atoms with van der Waals surface area (Å²) in [5.41, 5.74) is 1.53. The molecule has 2 unspecified atom stereocenters. The van der Waals surface area contributed by atoms with Crippen molar-refractivity contribution in [1.29, 1.82) is 0 Å². The van der Waals surface area contributed by atoms with Crippen LogP contribution in [0, 0.1) is 17.7 Å². The Labute approximate surface area is 205 Å². The molecule has 1 N–H and O–H groups in total. The number of esters is 1. The molecule has 7 nitrogen and oxygen atoms in total. The summed E-state index contributed by atoms with van der Waals surface area (Å²) in [4.78, 5) is 15.1. The van der Waals surface area contributed by atoms with E-state index in [-0.39, 0.29) is 22.1 Å². The van der Waals surface area contributed by atoms with Gasteiger partial charge in [0, 0.05) is 5.92 Å². The van der Waals surface area contributed by atoms with Crippen molar-refractivity contribution < 1.29 is 27.1 Å². The van der Waals surface area contributed by atoms with Gasteiger partial charge in [-0.2, -0.15) is 0 Å². The number of fused-ring (bicyclic) bond motifs is 3. The van der Waals surface area contributed by atoms with Crippen LogP contribution in [-0.2, 0) is 21.2 Å². The van der Waals surface area contributed by atoms with Crippen molar-refractivity contribution in [2.24, 2.45) is 11.8 Å². The van der Waals surface area contributed by atoms with Gasteiger partial charge in [-0.05, 0) is 92.5 Å². The number of likely N-dealkylation sites (tertiary alicyclic amines) is 1. The number of carbonyl (C=O) groups excluding carboxylic acids is 1. The smallest absolute Gasteiger partial charge is 0.343 e. The Morgan fingerprint density at radius 1 is 1.23 bits per heavy atom. The normalized spacial score (nSPS) is 22.0. The van der Waals surface area contributed by atoms with Crippen molar-refractivity contribution in [2.45, 2.75) is 43.4 Å². The monoisotopic (exact) mass is 502 g/mol. The molecule has 188 valence electrons. The number of benzene rings is 2. The van der Waals surface area contributed by atoms with Crippen molar-refractivity contribution in [3.05, 3.63) is 52.8 Å². The molecular formula is C26H31FN2O5S. The minimum Gasteiger partial charge on any atom is -0.492 e. The number of rotatable bonds is 7. The van der Waals surface area contributed by atoms with Crippen LogP contribution in [0.2, 0.25) is 0 Å². The zero-order valence-electron chi connectivity index (χ0n) is 20.1. The Kier molecular flexibility index (Phi) is 6.48. The van der Waals surface area contributed by atoms with Crippen LogP contribution in [0.5, 0.6) is 5.75 Å². The lowest BCUT2D eigenvalue weighted by molar-refractivity contribution is 0.0596. The van der Waals surface area contributed by atoms with Gasteiger partial charge in [-0.3, -0.25) is 4.72 Å². The van der Waals surface area contributed by atoms with Crippen molar-refractivity contribution in [3.8, 4) is 5.75 Å². The molecule has 0 radical (unpaired) electrons. The van der Waals surface area contributed by atoms with E-state index in [0.717, 1.165) is 50.5 Å². The zero-order valence-corrected chi connectivity index (χ0v) is 20.9. The second kappa shape index (κ2) is 9.43. The van der Waals surface area contributed by atoms with Gasteiger partial charge in [-0.15, -0.1) is 0 Å². The van der Waals surface area contributed by atoms with Gasteiger partial charge in [-0.1, -0.05) is 13.0 Å². The molecule has 2 aromatic rings. The van der Waals surface area contributed by atoms with Gasteiger partial charge in [0.25, 0.3) is 10.0 Å². The molecule has 35 heavy (non-hydrogen) atoms. The summed E-state index contributed by atoms with van der Waals surface area (Å²) in [6, 6.07) is 7.18. The lowest BCUT2D eigenvalue weighted by Gasteiger charge is -2.31. The van der Waals surface area contributed by atoms with Crippen molar-refractivity contribution in [1.82, 2.24) is 4.90 Å². The number of methoxy groups -OCH3 is 1. The molecule has 5 rings (SSSR count). The van der Waals surface area contributed by atoms with Gasteiger partial charge in [0.1, 0.15) is 17.1 Å². The van der Waals surface area contributed by atoms with Crippen molar-refractivity contribution in [3.63, 3.8) is 0 Å². The summed E-state index contributed by atoms with van der Waals surface area (Å²) >= 11 is 0. The standard InChI is InChI=1S/C26H31FN2O5S/c1-3-29-10-8-16(9-11-29)12-17-13-19(27)4-7-23(17)35(31,32)28-22-6-5-20-21-14-18(21)15-34-25(20)24(22)26(30)33-2/h4-7,13,16,18,21,28H,3,8-12,14-15H2,1-2H3. The third-order valence-electron chi connectivity index (χ3n) is 7.56. The average molecular weight is 503 g/mol. The van der Waals surface area contributed by atoms with Gasteiger partial charge in [0.15, 0.2) is 0 Å². The maximum absolute atomic E-state index is 14.2. The number of nitrogens with zero attached hydrogens (tertiary/aromatic N) is 1. The Morgan fingerprint density at radius 3 is 2.71 bits per heavy atom. The maximum Gasteiger partial charge on any atom is 0.343 e. The van der Waals surface area contributed by atoms with E-state index in [1.54, 1.807) is 6.07 Å². The van der Waals surface area contributed by atoms with Crippen molar-refractivity contribution in [2.75, 3.05) is 38.1 Å². The van der Waals surface area contributed by atoms with Crippen LogP contribution in [-0.4, -0.2) is 52.6 Å². The third-order valence-corrected chi connectivity index (χ3v) is 9.03. The topological polar surface area (TPSA) is 84.9 Å². The number of sulfonamides is 1. The van der Waals surface area contributed by atoms with E-state index in [2.05, 4.69) is 16.5 Å². The highest BCUT2D eigenvalue weighted by atomic mass is 32.2. The fraction of sp³-hybridized carbons (Fsp3) is 0.500. The minimum atomic E-state index is -4.11. The zero-order chi connectivity index (χ0) is 24.7. The molecule has 9 heteroatoms. The number of ether oxygens (including phenoxy) is 2. The average Bonchev–Trinajstić information content (AvgIpc) is 3.64. The van der Waals surface area contributed by atoms with Crippen molar-refractivity contribution >= 4 is 21.7 Å². The Morgan fingerprint density at radius 2 is 2.00 bits per heavy atom. The molecule has 2 fully saturated rings. The number of halogens is 1. The van der Waals surface area contributed by atoms with Crippen LogP contribution >= 0.6 is 0 Å². The van der Waals surface area contributed by atoms with Gasteiger partial charge in [0.05, 0.1) is 24.3 Å². The van der Waals surface area contributed by atoms with E-state index in [1.807, 2.05) is 6.07 Å². The second-order valence-electron chi connectivity index (χ2n) is 9.75. The highest BCUT2D eigenvalue weighted by molar-refractivity contribution is 7.92. The summed E-state index contributed by atoms with van der Waals surface area (Å²) in [6.07, 6.45) is 3.35. The molecule has 2 atom stereocenters. The molecule has 1 saturated carbocycles. The molecule has 0 spiro atoms. The summed E-state index contributed by atoms with van der Waals surface area (Å²) in [6.45, 7) is 5.52. The highest BCUT2D eigenvalue weighted by Crippen LogP contribution is 2.55. The van der Waals surface area contributed by atoms with E-state index >= 15 is 0 Å². The summed E-state index contributed by atoms with van der Waals surface area (Å²) < 4.78 is 54.7. The van der Waals surface area contributed by atoms with E-state index < -0.39 is 21.8 Å². The first-order valence-electron chi connectivity index (χ1n) is 12.2. The molecule has 1 aliphatic carbocycles. The van der Waals surface area contributed by atoms with E-state index in [0.29, 0.717) is 36.2 Å². The third kappa shape index (κ3) is 4.76. The Bertz CT molecular complexity index is 1240. The molecular weight excluding hydrogens is 471 g/mol. The Hall–Kier alpha value is -2.65. The predicted octanol–water partition coefficient (Wildman–Crippen LogP) is 4.18. The molecule has 0 bridgehead atoms. The van der Waals surface area contributed by atoms with Gasteiger partial charge in [-0.25, -0.2) is 17.6 Å². The van der Waals surface area contributed by atoms with Crippen LogP contribution < -0.4 is 9.46 Å². The quantitative estimate of drug-likeness (QED) is 0.572. The first kappa shape index (κ1) is 24.1. The summed E-state index contributed by atoms with van der Waals surface area (Å²) in [5.74, 6) is 0.305. The van der Waals surface area contributed by atoms with Gasteiger partial charge < -0.3 is 14.4 Å². The van der Waals surface area contributed by atoms with Crippen LogP contribution in [0.15, 0.2) is 35.2 Å². The number of nitrogens with one attached hydrogen (secondary N) is 1. The molecule has 3 aliphatic rings. The summed E-state index contributed by atoms with van der Waals surface area (Å²) in [5, 5.41) is 0. The van der Waals surface area contributed by atoms with Crippen LogP contribution in [0.3, 0.4) is 0 Å². The molecule has 2 heterocycles. The lowest BCUT2D eigenvalue weighted by atomic mass is 9.90. The first-order chi connectivity index (χ1) is 16.8. The first-order valence-corrected chi connectivity index (χ1v) is 13.7. The number of hydrogen-bond donors (Lipinski definition) is 1. The predicted molar refractivity (Wildman–Crippen MR) is 130 cm³/mol. The molecule has 1 saturated heterocycles. The SMILES string of the molecule is CCN1CCC(Cc2cc(F)ccc2S(=O)(=O)Nc2ccc3c(c2C(=O)OC)OCC2CC32)CC1. The molecule has 0 amide bonds. The van der Waals surface area contributed by atoms with Gasteiger partial charge >= 0.3 is 5.97 Å². The summed E-state index contributed by atoms with van der Waals surface area (Å²) in [7, 11) is -2.86. The fourth-order valence-corrected chi connectivity index (χ4v) is 6.73. The van der Waals surface area contributed by atoms with Crippen LogP contribution in [0.25, 0.3) is 0 Å². The van der Waals surface area contributed by atoms with Crippen LogP contribution in [0.1, 0.15) is 53.6 Å². The molecule has 0 aromatic heterocycles. The lowest BCUT2D eigenvalue weighted by Crippen LogP contribution is -2.34. The second-order valence-corrected chi connectivity index (χ2v) is 11.4. The molecule has 2 aromatic carbocycles. The number of anilines is 1. The minimum absolute atomic E-state index is 0.0218. The highest BCUT2D eigenvalue weighted by Gasteiger charge is 2.45.